The highest BCUT2D eigenvalue weighted by molar-refractivity contribution is 7.89. The number of nitrogens with zero attached hydrogens (tertiary/aromatic N) is 1. The minimum Gasteiger partial charge on any atom is -0.484 e. The molecule has 0 aliphatic rings. The molecule has 2 rings (SSSR count). The van der Waals surface area contributed by atoms with Gasteiger partial charge in [0.05, 0.1) is 4.90 Å². The van der Waals surface area contributed by atoms with Crippen LogP contribution in [0, 0.1) is 0 Å². The molecule has 0 saturated heterocycles. The van der Waals surface area contributed by atoms with Crippen LogP contribution in [0.15, 0.2) is 53.4 Å². The largest absolute Gasteiger partial charge is 0.484 e. The summed E-state index contributed by atoms with van der Waals surface area (Å²) in [5.74, 6) is 0.276. The van der Waals surface area contributed by atoms with E-state index in [2.05, 4.69) is 5.32 Å². The van der Waals surface area contributed by atoms with Crippen LogP contribution in [0.2, 0.25) is 5.02 Å². The molecule has 0 atom stereocenters. The number of halogens is 1. The average molecular weight is 383 g/mol. The zero-order valence-corrected chi connectivity index (χ0v) is 15.5. The molecule has 0 bridgehead atoms. The number of carbonyl (C=O) groups excluding carboxylic acids is 1. The van der Waals surface area contributed by atoms with E-state index >= 15 is 0 Å². The SMILES string of the molecule is CN(C)S(=O)(=O)c1ccc(CNC(=O)COc2ccc(Cl)cc2)cc1. The predicted molar refractivity (Wildman–Crippen MR) is 96.1 cm³/mol. The third-order valence-electron chi connectivity index (χ3n) is 3.38. The Labute approximate surface area is 152 Å². The van der Waals surface area contributed by atoms with Gasteiger partial charge in [0.2, 0.25) is 10.0 Å². The Morgan fingerprint density at radius 3 is 2.24 bits per heavy atom. The minimum atomic E-state index is -3.45. The number of sulfonamides is 1. The van der Waals surface area contributed by atoms with Gasteiger partial charge in [-0.25, -0.2) is 12.7 Å². The van der Waals surface area contributed by atoms with Crippen LogP contribution in [-0.4, -0.2) is 39.3 Å². The van der Waals surface area contributed by atoms with Gasteiger partial charge in [0.1, 0.15) is 5.75 Å². The summed E-state index contributed by atoms with van der Waals surface area (Å²) in [5, 5.41) is 3.31. The van der Waals surface area contributed by atoms with Crippen molar-refractivity contribution in [2.45, 2.75) is 11.4 Å². The molecule has 0 radical (unpaired) electrons. The maximum absolute atomic E-state index is 12.0. The summed E-state index contributed by atoms with van der Waals surface area (Å²) in [6, 6.07) is 13.1. The highest BCUT2D eigenvalue weighted by atomic mass is 35.5. The predicted octanol–water partition coefficient (Wildman–Crippen LogP) is 2.29. The molecule has 1 amide bonds. The Morgan fingerprint density at radius 2 is 1.68 bits per heavy atom. The van der Waals surface area contributed by atoms with Gasteiger partial charge in [0.25, 0.3) is 5.91 Å². The van der Waals surface area contributed by atoms with Gasteiger partial charge in [-0.2, -0.15) is 0 Å². The normalized spacial score (nSPS) is 11.4. The minimum absolute atomic E-state index is 0.116. The third kappa shape index (κ3) is 5.45. The molecule has 2 aromatic carbocycles. The second kappa shape index (κ2) is 8.33. The molecule has 134 valence electrons. The number of hydrogen-bond donors (Lipinski definition) is 1. The molecule has 6 nitrogen and oxygen atoms in total. The number of rotatable bonds is 7. The summed E-state index contributed by atoms with van der Waals surface area (Å²) in [5.41, 5.74) is 0.789. The van der Waals surface area contributed by atoms with Gasteiger partial charge in [0, 0.05) is 25.7 Å². The van der Waals surface area contributed by atoms with E-state index in [0.717, 1.165) is 9.87 Å². The fourth-order valence-electron chi connectivity index (χ4n) is 1.92. The fraction of sp³-hybridized carbons (Fsp3) is 0.235. The second-order valence-corrected chi connectivity index (χ2v) is 8.04. The molecule has 25 heavy (non-hydrogen) atoms. The summed E-state index contributed by atoms with van der Waals surface area (Å²) >= 11 is 5.77. The lowest BCUT2D eigenvalue weighted by Gasteiger charge is -2.12. The molecule has 0 saturated carbocycles. The molecule has 0 spiro atoms. The Bertz CT molecular complexity index is 819. The van der Waals surface area contributed by atoms with Crippen molar-refractivity contribution in [3.05, 3.63) is 59.1 Å². The van der Waals surface area contributed by atoms with Crippen LogP contribution in [0.3, 0.4) is 0 Å². The first-order valence-corrected chi connectivity index (χ1v) is 9.27. The molecule has 1 N–H and O–H groups in total. The summed E-state index contributed by atoms with van der Waals surface area (Å²) < 4.78 is 30.5. The van der Waals surface area contributed by atoms with Crippen molar-refractivity contribution in [2.24, 2.45) is 0 Å². The Morgan fingerprint density at radius 1 is 1.08 bits per heavy atom. The lowest BCUT2D eigenvalue weighted by Crippen LogP contribution is -2.28. The molecule has 0 aliphatic heterocycles. The van der Waals surface area contributed by atoms with Crippen LogP contribution in [0.1, 0.15) is 5.56 Å². The van der Waals surface area contributed by atoms with Crippen LogP contribution in [0.4, 0.5) is 0 Å². The number of amides is 1. The highest BCUT2D eigenvalue weighted by Crippen LogP contribution is 2.15. The van der Waals surface area contributed by atoms with Crippen LogP contribution >= 0.6 is 11.6 Å². The van der Waals surface area contributed by atoms with E-state index in [4.69, 9.17) is 16.3 Å². The number of ether oxygens (including phenoxy) is 1. The smallest absolute Gasteiger partial charge is 0.258 e. The topological polar surface area (TPSA) is 75.7 Å². The lowest BCUT2D eigenvalue weighted by molar-refractivity contribution is -0.123. The molecule has 0 aliphatic carbocycles. The quantitative estimate of drug-likeness (QED) is 0.797. The Balaban J connectivity index is 1.84. The van der Waals surface area contributed by atoms with E-state index in [1.807, 2.05) is 0 Å². The molecule has 2 aromatic rings. The van der Waals surface area contributed by atoms with E-state index in [9.17, 15) is 13.2 Å². The molecule has 0 aromatic heterocycles. The van der Waals surface area contributed by atoms with Crippen molar-refractivity contribution in [2.75, 3.05) is 20.7 Å². The zero-order valence-electron chi connectivity index (χ0n) is 13.9. The van der Waals surface area contributed by atoms with Gasteiger partial charge in [-0.15, -0.1) is 0 Å². The molecular formula is C17H19ClN2O4S. The Hall–Kier alpha value is -2.09. The van der Waals surface area contributed by atoms with Crippen LogP contribution in [0.5, 0.6) is 5.75 Å². The summed E-state index contributed by atoms with van der Waals surface area (Å²) in [6.45, 7) is 0.166. The van der Waals surface area contributed by atoms with Gasteiger partial charge in [-0.05, 0) is 42.0 Å². The maximum Gasteiger partial charge on any atom is 0.258 e. The monoisotopic (exact) mass is 382 g/mol. The molecule has 0 unspecified atom stereocenters. The summed E-state index contributed by atoms with van der Waals surface area (Å²) in [4.78, 5) is 12.0. The number of nitrogens with one attached hydrogen (secondary N) is 1. The van der Waals surface area contributed by atoms with E-state index < -0.39 is 10.0 Å². The fourth-order valence-corrected chi connectivity index (χ4v) is 2.95. The molecule has 8 heteroatoms. The molecular weight excluding hydrogens is 364 g/mol. The van der Waals surface area contributed by atoms with Gasteiger partial charge >= 0.3 is 0 Å². The van der Waals surface area contributed by atoms with Crippen LogP contribution in [-0.2, 0) is 21.4 Å². The van der Waals surface area contributed by atoms with E-state index in [1.165, 1.54) is 26.2 Å². The standard InChI is InChI=1S/C17H19ClN2O4S/c1-20(2)25(22,23)16-9-3-13(4-10-16)11-19-17(21)12-24-15-7-5-14(18)6-8-15/h3-10H,11-12H2,1-2H3,(H,19,21). The molecule has 0 heterocycles. The van der Waals surface area contributed by atoms with Crippen molar-refractivity contribution in [3.63, 3.8) is 0 Å². The van der Waals surface area contributed by atoms with E-state index in [0.29, 0.717) is 10.8 Å². The van der Waals surface area contributed by atoms with Gasteiger partial charge in [-0.3, -0.25) is 4.79 Å². The van der Waals surface area contributed by atoms with Gasteiger partial charge < -0.3 is 10.1 Å². The van der Waals surface area contributed by atoms with Crippen molar-refractivity contribution < 1.29 is 17.9 Å². The van der Waals surface area contributed by atoms with Gasteiger partial charge in [0.15, 0.2) is 6.61 Å². The van der Waals surface area contributed by atoms with Crippen molar-refractivity contribution in [1.82, 2.24) is 9.62 Å². The number of hydrogen-bond acceptors (Lipinski definition) is 4. The van der Waals surface area contributed by atoms with Gasteiger partial charge in [-0.1, -0.05) is 23.7 Å². The Kier molecular flexibility index (Phi) is 6.41. The van der Waals surface area contributed by atoms with E-state index in [1.54, 1.807) is 36.4 Å². The summed E-state index contributed by atoms with van der Waals surface area (Å²) in [7, 11) is -0.498. The molecule has 0 fully saturated rings. The zero-order chi connectivity index (χ0) is 18.4. The second-order valence-electron chi connectivity index (χ2n) is 5.45. The maximum atomic E-state index is 12.0. The number of carbonyl (C=O) groups is 1. The first kappa shape index (κ1) is 19.2. The van der Waals surface area contributed by atoms with Crippen LogP contribution < -0.4 is 10.1 Å². The number of benzene rings is 2. The first-order chi connectivity index (χ1) is 11.8. The van der Waals surface area contributed by atoms with E-state index in [-0.39, 0.29) is 24.0 Å². The van der Waals surface area contributed by atoms with Crippen LogP contribution in [0.25, 0.3) is 0 Å². The third-order valence-corrected chi connectivity index (χ3v) is 5.46. The first-order valence-electron chi connectivity index (χ1n) is 7.45. The lowest BCUT2D eigenvalue weighted by atomic mass is 10.2. The van der Waals surface area contributed by atoms with Crippen molar-refractivity contribution in [1.29, 1.82) is 0 Å². The highest BCUT2D eigenvalue weighted by Gasteiger charge is 2.16. The average Bonchev–Trinajstić information content (AvgIpc) is 2.59. The van der Waals surface area contributed by atoms with Crippen molar-refractivity contribution >= 4 is 27.5 Å². The van der Waals surface area contributed by atoms with Crippen molar-refractivity contribution in [3.8, 4) is 5.75 Å². The summed E-state index contributed by atoms with van der Waals surface area (Å²) in [6.07, 6.45) is 0.